The second-order valence-electron chi connectivity index (χ2n) is 16.2. The normalized spacial score (nSPS) is 12.6. The molecule has 0 N–H and O–H groups in total. The summed E-state index contributed by atoms with van der Waals surface area (Å²) in [6, 6.07) is 47.8. The van der Waals surface area contributed by atoms with Gasteiger partial charge in [0, 0.05) is 31.0 Å². The van der Waals surface area contributed by atoms with Crippen LogP contribution < -0.4 is 4.40 Å². The van der Waals surface area contributed by atoms with Crippen molar-refractivity contribution in [2.24, 2.45) is 5.41 Å². The smallest absolute Gasteiger partial charge is 0 e. The van der Waals surface area contributed by atoms with E-state index in [1.54, 1.807) is 6.07 Å². The Kier molecular flexibility index (Phi) is 11.2. The Morgan fingerprint density at radius 3 is 2.13 bits per heavy atom. The summed E-state index contributed by atoms with van der Waals surface area (Å²) in [6.45, 7) is 6.77. The molecule has 0 aliphatic rings. The molecule has 0 atom stereocenters. The molecule has 1 radical (unpaired) electrons. The molecule has 279 valence electrons. The Morgan fingerprint density at radius 1 is 0.727 bits per heavy atom. The zero-order valence-corrected chi connectivity index (χ0v) is 37.9. The van der Waals surface area contributed by atoms with Gasteiger partial charge in [-0.1, -0.05) is 74.2 Å². The Balaban J connectivity index is 0.000000193. The molecule has 0 bridgehead atoms. The number of fused-ring (bicyclic) bond motifs is 3. The van der Waals surface area contributed by atoms with E-state index in [1.165, 1.54) is 46.8 Å². The van der Waals surface area contributed by atoms with Gasteiger partial charge in [0.2, 0.25) is 0 Å². The molecule has 5 aromatic carbocycles. The minimum atomic E-state index is -2.19. The van der Waals surface area contributed by atoms with E-state index in [4.69, 9.17) is 9.10 Å². The van der Waals surface area contributed by atoms with Crippen molar-refractivity contribution in [3.63, 3.8) is 0 Å². The first-order valence-electron chi connectivity index (χ1n) is 20.0. The molecular weight excluding hydrogens is 925 g/mol. The third-order valence-electron chi connectivity index (χ3n) is 9.58. The first kappa shape index (κ1) is 36.5. The van der Waals surface area contributed by atoms with Gasteiger partial charge in [-0.25, -0.2) is 0 Å². The van der Waals surface area contributed by atoms with Crippen LogP contribution in [0.5, 0.6) is 0 Å². The molecule has 5 heteroatoms. The SMILES string of the molecule is CC(C)(C)Cc1ccnc(-c2[c-]ccc3c2sc2ccc(-c4ccccc4)cc23)c1.[2H]C([2H])([2H])c1c[c-]c(-c2cc(C)[c]([Ge]([CH3])([CH3])[CH3])cn2)cc1-c1ccccc1.[Ir]. The number of aromatic nitrogens is 2. The molecule has 0 spiro atoms. The van der Waals surface area contributed by atoms with Gasteiger partial charge in [0.25, 0.3) is 0 Å². The van der Waals surface area contributed by atoms with Crippen molar-refractivity contribution in [3.8, 4) is 44.8 Å². The first-order valence-corrected chi connectivity index (χ1v) is 26.7. The van der Waals surface area contributed by atoms with Crippen LogP contribution in [0, 0.1) is 31.3 Å². The zero-order chi connectivity index (χ0) is 40.5. The summed E-state index contributed by atoms with van der Waals surface area (Å²) in [5, 5.41) is 2.59. The molecule has 2 nitrogen and oxygen atoms in total. The van der Waals surface area contributed by atoms with Gasteiger partial charge in [-0.2, -0.15) is 11.3 Å². The Hall–Kier alpha value is -4.19. The van der Waals surface area contributed by atoms with E-state index in [9.17, 15) is 0 Å². The van der Waals surface area contributed by atoms with E-state index in [1.807, 2.05) is 66.2 Å². The van der Waals surface area contributed by atoms with Gasteiger partial charge in [0.1, 0.15) is 0 Å². The molecule has 0 aliphatic carbocycles. The van der Waals surface area contributed by atoms with Crippen molar-refractivity contribution in [1.29, 1.82) is 0 Å². The number of aryl methyl sites for hydroxylation is 2. The van der Waals surface area contributed by atoms with Gasteiger partial charge >= 0.3 is 152 Å². The van der Waals surface area contributed by atoms with E-state index < -0.39 is 20.1 Å². The van der Waals surface area contributed by atoms with Gasteiger partial charge in [-0.3, -0.25) is 0 Å². The van der Waals surface area contributed by atoms with Gasteiger partial charge in [0.05, 0.1) is 0 Å². The van der Waals surface area contributed by atoms with E-state index >= 15 is 0 Å². The monoisotopic (exact) mass is 978 g/mol. The van der Waals surface area contributed by atoms with Crippen LogP contribution in [0.2, 0.25) is 17.3 Å². The summed E-state index contributed by atoms with van der Waals surface area (Å²) in [5.74, 6) is 7.07. The number of rotatable bonds is 6. The number of nitrogens with zero attached hydrogens (tertiary/aromatic N) is 2. The minimum Gasteiger partial charge on any atom is 0 e. The minimum absolute atomic E-state index is 0. The van der Waals surface area contributed by atoms with E-state index in [0.717, 1.165) is 34.5 Å². The fraction of sp³-hybridized carbons (Fsp3) is 0.200. The van der Waals surface area contributed by atoms with Gasteiger partial charge in [-0.05, 0) is 56.9 Å². The summed E-state index contributed by atoms with van der Waals surface area (Å²) in [7, 11) is 0. The maximum absolute atomic E-state index is 7.87. The molecule has 0 saturated heterocycles. The molecule has 0 unspecified atom stereocenters. The van der Waals surface area contributed by atoms with Gasteiger partial charge in [0.15, 0.2) is 0 Å². The number of pyridine rings is 2. The zero-order valence-electron chi connectivity index (χ0n) is 35.5. The van der Waals surface area contributed by atoms with E-state index in [2.05, 4.69) is 135 Å². The Bertz CT molecular complexity index is 2680. The molecule has 8 rings (SSSR count). The van der Waals surface area contributed by atoms with Crippen LogP contribution in [0.15, 0.2) is 134 Å². The molecule has 3 heterocycles. The van der Waals surface area contributed by atoms with Crippen LogP contribution >= 0.6 is 11.3 Å². The molecule has 55 heavy (non-hydrogen) atoms. The van der Waals surface area contributed by atoms with Crippen LogP contribution in [-0.4, -0.2) is 23.2 Å². The largest absolute Gasteiger partial charge is 0 e. The number of thiophene rings is 1. The topological polar surface area (TPSA) is 25.8 Å². The van der Waals surface area contributed by atoms with Crippen LogP contribution in [0.3, 0.4) is 0 Å². The summed E-state index contributed by atoms with van der Waals surface area (Å²) < 4.78 is 27.6. The average Bonchev–Trinajstić information content (AvgIpc) is 3.55. The number of benzene rings is 5. The van der Waals surface area contributed by atoms with Crippen LogP contribution in [0.25, 0.3) is 64.9 Å². The summed E-state index contributed by atoms with van der Waals surface area (Å²) >= 11 is -0.127. The van der Waals surface area contributed by atoms with E-state index in [0.29, 0.717) is 11.1 Å². The van der Waals surface area contributed by atoms with Crippen molar-refractivity contribution in [2.45, 2.75) is 58.2 Å². The summed E-state index contributed by atoms with van der Waals surface area (Å²) in [4.78, 5) is 9.38. The molecular formula is C50H48GeIrN2S-2. The second kappa shape index (κ2) is 16.9. The molecule has 3 aromatic heterocycles. The molecule has 0 saturated carbocycles. The van der Waals surface area contributed by atoms with Crippen molar-refractivity contribution < 1.29 is 24.2 Å². The van der Waals surface area contributed by atoms with Crippen molar-refractivity contribution in [1.82, 2.24) is 9.97 Å². The van der Waals surface area contributed by atoms with Crippen LogP contribution in [-0.2, 0) is 26.5 Å². The van der Waals surface area contributed by atoms with Crippen LogP contribution in [0.1, 0.15) is 41.6 Å². The average molecular weight is 977 g/mol. The second-order valence-corrected chi connectivity index (χ2v) is 27.9. The summed E-state index contributed by atoms with van der Waals surface area (Å²) in [6.07, 6.45) is 4.97. The fourth-order valence-electron chi connectivity index (χ4n) is 7.06. The third kappa shape index (κ3) is 9.44. The van der Waals surface area contributed by atoms with Crippen LogP contribution in [0.4, 0.5) is 0 Å². The van der Waals surface area contributed by atoms with E-state index in [-0.39, 0.29) is 25.5 Å². The molecule has 0 aliphatic heterocycles. The standard InChI is InChI=1S/C28H24NS.C22H24GeN.Ir/c1-28(2,3)18-19-14-15-29-25(16-19)23-11-7-10-22-24-17-21(20-8-5-4-6-9-20)12-13-26(24)30-27(22)23;1-16-11-12-19(14-20(16)18-9-7-6-8-10-18)22-13-17(2)21(15-24-22)23(3,4)5;/h4-10,12-17H,18H2,1-3H3;6-11,13-15H,1-5H3;/q2*-1;/i;1D3;. The fourth-order valence-corrected chi connectivity index (χ4v) is 11.8. The quantitative estimate of drug-likeness (QED) is 0.123. The van der Waals surface area contributed by atoms with Crippen molar-refractivity contribution >= 4 is 49.2 Å². The van der Waals surface area contributed by atoms with Gasteiger partial charge in [-0.15, -0.1) is 23.8 Å². The number of hydrogen-bond acceptors (Lipinski definition) is 3. The Labute approximate surface area is 352 Å². The Morgan fingerprint density at radius 2 is 1.45 bits per heavy atom. The van der Waals surface area contributed by atoms with Crippen molar-refractivity contribution in [2.75, 3.05) is 0 Å². The first-order chi connectivity index (χ1) is 27.0. The predicted molar refractivity (Wildman–Crippen MR) is 236 cm³/mol. The molecule has 8 aromatic rings. The molecule has 0 amide bonds. The maximum atomic E-state index is 7.87. The van der Waals surface area contributed by atoms with Gasteiger partial charge < -0.3 is 4.98 Å². The summed E-state index contributed by atoms with van der Waals surface area (Å²) in [5.41, 5.74) is 11.0. The number of hydrogen-bond donors (Lipinski definition) is 0. The predicted octanol–water partition coefficient (Wildman–Crippen LogP) is 13.5. The maximum Gasteiger partial charge on any atom is 0 e. The molecule has 0 fully saturated rings. The van der Waals surface area contributed by atoms with Crippen molar-refractivity contribution in [3.05, 3.63) is 163 Å². The third-order valence-corrected chi connectivity index (χ3v) is 15.3.